The fraction of sp³-hybridized carbons (Fsp3) is 0.875. The lowest BCUT2D eigenvalue weighted by Gasteiger charge is -2.25. The van der Waals surface area contributed by atoms with Gasteiger partial charge in [-0.25, -0.2) is 0 Å². The van der Waals surface area contributed by atoms with Gasteiger partial charge in [-0.3, -0.25) is 19.1 Å². The molecule has 0 spiro atoms. The lowest BCUT2D eigenvalue weighted by atomic mass is 10.1. The molecule has 172 valence electrons. The van der Waals surface area contributed by atoms with Crippen molar-refractivity contribution < 1.29 is 17.5 Å². The van der Waals surface area contributed by atoms with Crippen LogP contribution in [0.25, 0.3) is 0 Å². The maximum atomic E-state index is 8.74. The molecule has 29 heavy (non-hydrogen) atoms. The van der Waals surface area contributed by atoms with Crippen molar-refractivity contribution in [1.29, 1.82) is 0 Å². The Bertz CT molecular complexity index is 521. The molecule has 2 aliphatic rings. The second-order valence-corrected chi connectivity index (χ2v) is 7.76. The summed E-state index contributed by atoms with van der Waals surface area (Å²) in [4.78, 5) is 12.7. The van der Waals surface area contributed by atoms with Crippen LogP contribution >= 0.6 is 0 Å². The van der Waals surface area contributed by atoms with Gasteiger partial charge in [-0.2, -0.15) is 8.42 Å². The highest BCUT2D eigenvalue weighted by Crippen LogP contribution is 2.08. The molecular formula is C16H38N8O4S. The molecule has 2 rings (SSSR count). The molecule has 0 atom stereocenters. The van der Waals surface area contributed by atoms with Crippen LogP contribution < -0.4 is 22.9 Å². The Hall–Kier alpha value is -1.67. The van der Waals surface area contributed by atoms with Gasteiger partial charge in [0.25, 0.3) is 0 Å². The first-order chi connectivity index (χ1) is 13.6. The maximum Gasteiger partial charge on any atom is 0.394 e. The minimum absolute atomic E-state index is 0.201. The van der Waals surface area contributed by atoms with Gasteiger partial charge in [0.1, 0.15) is 0 Å². The molecule has 0 radical (unpaired) electrons. The van der Waals surface area contributed by atoms with Crippen molar-refractivity contribution in [3.05, 3.63) is 0 Å². The number of aliphatic imine (C=N–C) groups is 2. The van der Waals surface area contributed by atoms with E-state index >= 15 is 0 Å². The molecule has 12 nitrogen and oxygen atoms in total. The molecule has 0 amide bonds. The van der Waals surface area contributed by atoms with E-state index in [1.54, 1.807) is 0 Å². The SMILES string of the molecule is NC(N)=NCCN1CCCCC1.NC(N)=NCCN1CCCCC1.O=S(=O)(O)O. The second-order valence-electron chi connectivity index (χ2n) is 6.87. The predicted molar refractivity (Wildman–Crippen MR) is 116 cm³/mol. The number of hydrogen-bond donors (Lipinski definition) is 6. The van der Waals surface area contributed by atoms with Gasteiger partial charge < -0.3 is 32.7 Å². The van der Waals surface area contributed by atoms with E-state index in [-0.39, 0.29) is 11.9 Å². The standard InChI is InChI=1S/2C8H18N4.H2O4S/c2*9-8(10)11-4-7-12-5-2-1-3-6-12;1-5(2,3)4/h2*1-7H2,(H4,9,10,11);(H2,1,2,3,4). The fourth-order valence-electron chi connectivity index (χ4n) is 3.01. The monoisotopic (exact) mass is 438 g/mol. The molecule has 13 heteroatoms. The lowest BCUT2D eigenvalue weighted by molar-refractivity contribution is 0.235. The van der Waals surface area contributed by atoms with Crippen molar-refractivity contribution in [3.63, 3.8) is 0 Å². The summed E-state index contributed by atoms with van der Waals surface area (Å²) in [5.74, 6) is 0.402. The molecule has 2 aliphatic heterocycles. The van der Waals surface area contributed by atoms with Crippen LogP contribution in [-0.2, 0) is 10.4 Å². The summed E-state index contributed by atoms with van der Waals surface area (Å²) in [7, 11) is -4.67. The third kappa shape index (κ3) is 22.5. The highest BCUT2D eigenvalue weighted by Gasteiger charge is 2.09. The van der Waals surface area contributed by atoms with Crippen molar-refractivity contribution in [2.45, 2.75) is 38.5 Å². The zero-order valence-electron chi connectivity index (χ0n) is 17.1. The lowest BCUT2D eigenvalue weighted by Crippen LogP contribution is -2.33. The summed E-state index contributed by atoms with van der Waals surface area (Å²) in [6, 6.07) is 0. The first-order valence-electron chi connectivity index (χ1n) is 9.83. The first-order valence-corrected chi connectivity index (χ1v) is 11.2. The average Bonchev–Trinajstić information content (AvgIpc) is 2.62. The Labute approximate surface area is 174 Å². The summed E-state index contributed by atoms with van der Waals surface area (Å²) in [5, 5.41) is 0. The number of hydrogen-bond acceptors (Lipinski definition) is 6. The molecule has 0 unspecified atom stereocenters. The highest BCUT2D eigenvalue weighted by molar-refractivity contribution is 7.79. The maximum absolute atomic E-state index is 8.74. The molecule has 0 aliphatic carbocycles. The van der Waals surface area contributed by atoms with Crippen LogP contribution in [0, 0.1) is 0 Å². The molecule has 0 saturated carbocycles. The molecule has 2 fully saturated rings. The van der Waals surface area contributed by atoms with E-state index in [0.717, 1.165) is 26.2 Å². The minimum atomic E-state index is -4.67. The van der Waals surface area contributed by atoms with Crippen LogP contribution in [0.3, 0.4) is 0 Å². The van der Waals surface area contributed by atoms with E-state index < -0.39 is 10.4 Å². The molecule has 2 heterocycles. The Balaban J connectivity index is 0.000000442. The van der Waals surface area contributed by atoms with Gasteiger partial charge in [0.15, 0.2) is 11.9 Å². The molecule has 2 saturated heterocycles. The number of likely N-dealkylation sites (tertiary alicyclic amines) is 2. The van der Waals surface area contributed by atoms with Crippen LogP contribution in [0.1, 0.15) is 38.5 Å². The Kier molecular flexibility index (Phi) is 15.2. The Morgan fingerprint density at radius 3 is 1.21 bits per heavy atom. The van der Waals surface area contributed by atoms with E-state index in [1.165, 1.54) is 64.7 Å². The molecular weight excluding hydrogens is 400 g/mol. The summed E-state index contributed by atoms with van der Waals surface area (Å²) >= 11 is 0. The van der Waals surface area contributed by atoms with Crippen LogP contribution in [0.5, 0.6) is 0 Å². The summed E-state index contributed by atoms with van der Waals surface area (Å²) in [6.45, 7) is 8.31. The third-order valence-electron chi connectivity index (χ3n) is 4.32. The van der Waals surface area contributed by atoms with Gasteiger partial charge in [0.2, 0.25) is 0 Å². The smallest absolute Gasteiger partial charge is 0.370 e. The Morgan fingerprint density at radius 1 is 0.690 bits per heavy atom. The topological polar surface area (TPSA) is 210 Å². The zero-order chi connectivity index (χ0) is 22.1. The van der Waals surface area contributed by atoms with Crippen molar-refractivity contribution >= 4 is 22.3 Å². The molecule has 10 N–H and O–H groups in total. The minimum Gasteiger partial charge on any atom is -0.370 e. The number of nitrogens with two attached hydrogens (primary N) is 4. The number of nitrogens with zero attached hydrogens (tertiary/aromatic N) is 4. The average molecular weight is 439 g/mol. The summed E-state index contributed by atoms with van der Waals surface area (Å²) < 4.78 is 31.6. The van der Waals surface area contributed by atoms with Gasteiger partial charge in [0.05, 0.1) is 13.1 Å². The largest absolute Gasteiger partial charge is 0.394 e. The zero-order valence-corrected chi connectivity index (χ0v) is 17.9. The van der Waals surface area contributed by atoms with Crippen LogP contribution in [-0.4, -0.2) is 91.6 Å². The van der Waals surface area contributed by atoms with Crippen LogP contribution in [0.2, 0.25) is 0 Å². The van der Waals surface area contributed by atoms with Gasteiger partial charge >= 0.3 is 10.4 Å². The fourth-order valence-corrected chi connectivity index (χ4v) is 3.01. The van der Waals surface area contributed by atoms with E-state index in [0.29, 0.717) is 0 Å². The van der Waals surface area contributed by atoms with Crippen molar-refractivity contribution in [2.75, 3.05) is 52.4 Å². The molecule has 0 aromatic heterocycles. The first kappa shape index (κ1) is 27.3. The van der Waals surface area contributed by atoms with Crippen LogP contribution in [0.15, 0.2) is 9.98 Å². The molecule has 0 bridgehead atoms. The van der Waals surface area contributed by atoms with E-state index in [9.17, 15) is 0 Å². The summed E-state index contributed by atoms with van der Waals surface area (Å²) in [6.07, 6.45) is 8.03. The highest BCUT2D eigenvalue weighted by atomic mass is 32.3. The number of guanidine groups is 2. The van der Waals surface area contributed by atoms with Crippen LogP contribution in [0.4, 0.5) is 0 Å². The number of piperidine rings is 2. The quantitative estimate of drug-likeness (QED) is 0.166. The predicted octanol–water partition coefficient (Wildman–Crippen LogP) is -1.16. The van der Waals surface area contributed by atoms with Gasteiger partial charge in [0, 0.05) is 13.1 Å². The van der Waals surface area contributed by atoms with Gasteiger partial charge in [-0.1, -0.05) is 12.8 Å². The van der Waals surface area contributed by atoms with Crippen molar-refractivity contribution in [1.82, 2.24) is 9.80 Å². The summed E-state index contributed by atoms with van der Waals surface area (Å²) in [5.41, 5.74) is 20.9. The molecule has 0 aromatic carbocycles. The van der Waals surface area contributed by atoms with Gasteiger partial charge in [-0.05, 0) is 51.9 Å². The van der Waals surface area contributed by atoms with E-state index in [2.05, 4.69) is 19.8 Å². The van der Waals surface area contributed by atoms with Crippen molar-refractivity contribution in [3.8, 4) is 0 Å². The van der Waals surface area contributed by atoms with E-state index in [4.69, 9.17) is 40.5 Å². The Morgan fingerprint density at radius 2 is 0.966 bits per heavy atom. The van der Waals surface area contributed by atoms with Crippen molar-refractivity contribution in [2.24, 2.45) is 32.9 Å². The third-order valence-corrected chi connectivity index (χ3v) is 4.32. The second kappa shape index (κ2) is 16.2. The van der Waals surface area contributed by atoms with E-state index in [1.807, 2.05) is 0 Å². The molecule has 0 aromatic rings. The van der Waals surface area contributed by atoms with Gasteiger partial charge in [-0.15, -0.1) is 0 Å². The normalized spacial score (nSPS) is 17.7. The number of rotatable bonds is 6.